The molecule has 1 aromatic rings. The van der Waals surface area contributed by atoms with E-state index >= 15 is 0 Å². The van der Waals surface area contributed by atoms with Crippen LogP contribution in [-0.4, -0.2) is 14.2 Å². The molecule has 0 N–H and O–H groups in total. The molecule has 0 amide bonds. The minimum Gasteiger partial charge on any atom is -0.493 e. The van der Waals surface area contributed by atoms with E-state index < -0.39 is 0 Å². The molecule has 1 saturated carbocycles. The molecule has 2 aliphatic rings. The summed E-state index contributed by atoms with van der Waals surface area (Å²) in [6.45, 7) is 8.29. The van der Waals surface area contributed by atoms with E-state index in [1.807, 2.05) is 0 Å². The number of benzene rings is 1. The molecule has 2 unspecified atom stereocenters. The molecule has 0 aromatic heterocycles. The van der Waals surface area contributed by atoms with Crippen molar-refractivity contribution in [1.29, 1.82) is 0 Å². The van der Waals surface area contributed by atoms with E-state index in [2.05, 4.69) is 25.3 Å². The van der Waals surface area contributed by atoms with Crippen molar-refractivity contribution in [2.75, 3.05) is 14.2 Å². The third-order valence-electron chi connectivity index (χ3n) is 4.07. The Morgan fingerprint density at radius 2 is 1.35 bits per heavy atom. The molecule has 3 rings (SSSR count). The molecule has 0 saturated heterocycles. The van der Waals surface area contributed by atoms with Gasteiger partial charge >= 0.3 is 0 Å². The molecule has 0 spiro atoms. The average molecular weight is 228 g/mol. The standard InChI is InChI=1S/C15H16O2/c1-8-9(2)11-5-10(8)12-6-14(16-3)15(17-4)7-13(11)12/h6-7,10-11H,1-2,5H2,3-4H3. The van der Waals surface area contributed by atoms with Crippen molar-refractivity contribution >= 4 is 0 Å². The maximum atomic E-state index is 5.35. The molecule has 0 heterocycles. The Morgan fingerprint density at radius 1 is 0.941 bits per heavy atom. The SMILES string of the molecule is C=C1C(=C)C2CC1c1cc(OC)c(OC)cc12. The van der Waals surface area contributed by atoms with E-state index in [0.29, 0.717) is 11.8 Å². The van der Waals surface area contributed by atoms with Gasteiger partial charge in [0.05, 0.1) is 14.2 Å². The number of methoxy groups -OCH3 is 2. The molecule has 88 valence electrons. The Bertz CT molecular complexity index is 481. The quantitative estimate of drug-likeness (QED) is 0.772. The number of hydrogen-bond acceptors (Lipinski definition) is 2. The smallest absolute Gasteiger partial charge is 0.161 e. The summed E-state index contributed by atoms with van der Waals surface area (Å²) in [7, 11) is 3.34. The van der Waals surface area contributed by atoms with Crippen LogP contribution in [0.15, 0.2) is 36.4 Å². The van der Waals surface area contributed by atoms with Crippen LogP contribution in [0, 0.1) is 0 Å². The molecule has 17 heavy (non-hydrogen) atoms. The second-order valence-corrected chi connectivity index (χ2v) is 4.73. The topological polar surface area (TPSA) is 18.5 Å². The zero-order valence-electron chi connectivity index (χ0n) is 10.2. The highest BCUT2D eigenvalue weighted by atomic mass is 16.5. The molecule has 2 heteroatoms. The van der Waals surface area contributed by atoms with Gasteiger partial charge in [-0.2, -0.15) is 0 Å². The summed E-state index contributed by atoms with van der Waals surface area (Å²) in [6.07, 6.45) is 1.11. The zero-order chi connectivity index (χ0) is 12.2. The number of ether oxygens (including phenoxy) is 2. The van der Waals surface area contributed by atoms with Crippen LogP contribution in [-0.2, 0) is 0 Å². The van der Waals surface area contributed by atoms with Crippen LogP contribution in [0.1, 0.15) is 29.4 Å². The van der Waals surface area contributed by atoms with E-state index in [9.17, 15) is 0 Å². The molecule has 1 aromatic carbocycles. The summed E-state index contributed by atoms with van der Waals surface area (Å²) in [5.74, 6) is 2.47. The number of hydrogen-bond donors (Lipinski definition) is 0. The Kier molecular flexibility index (Phi) is 2.09. The fourth-order valence-electron chi connectivity index (χ4n) is 3.11. The van der Waals surface area contributed by atoms with Gasteiger partial charge in [-0.1, -0.05) is 13.2 Å². The lowest BCUT2D eigenvalue weighted by atomic mass is 9.85. The van der Waals surface area contributed by atoms with Crippen molar-refractivity contribution in [1.82, 2.24) is 0 Å². The van der Waals surface area contributed by atoms with Crippen molar-refractivity contribution in [3.8, 4) is 11.5 Å². The van der Waals surface area contributed by atoms with Gasteiger partial charge in [-0.3, -0.25) is 0 Å². The minimum absolute atomic E-state index is 0.433. The average Bonchev–Trinajstić information content (AvgIpc) is 2.85. The van der Waals surface area contributed by atoms with E-state index in [0.717, 1.165) is 17.9 Å². The van der Waals surface area contributed by atoms with Gasteiger partial charge in [-0.15, -0.1) is 0 Å². The van der Waals surface area contributed by atoms with Gasteiger partial charge in [0.2, 0.25) is 0 Å². The van der Waals surface area contributed by atoms with Crippen LogP contribution < -0.4 is 9.47 Å². The first-order valence-corrected chi connectivity index (χ1v) is 5.81. The van der Waals surface area contributed by atoms with Crippen LogP contribution in [0.2, 0.25) is 0 Å². The van der Waals surface area contributed by atoms with Crippen LogP contribution in [0.3, 0.4) is 0 Å². The van der Waals surface area contributed by atoms with Gasteiger partial charge in [-0.25, -0.2) is 0 Å². The molecule has 0 aliphatic heterocycles. The maximum absolute atomic E-state index is 5.35. The fraction of sp³-hybridized carbons (Fsp3) is 0.333. The summed E-state index contributed by atoms with van der Waals surface area (Å²) in [5, 5.41) is 0. The molecule has 0 radical (unpaired) electrons. The molecular weight excluding hydrogens is 212 g/mol. The van der Waals surface area contributed by atoms with Gasteiger partial charge in [0, 0.05) is 11.8 Å². The predicted molar refractivity (Wildman–Crippen MR) is 67.9 cm³/mol. The molecule has 2 atom stereocenters. The Hall–Kier alpha value is -1.70. The first kappa shape index (κ1) is 10.5. The van der Waals surface area contributed by atoms with Gasteiger partial charge in [0.1, 0.15) is 0 Å². The highest BCUT2D eigenvalue weighted by Crippen LogP contribution is 2.59. The van der Waals surface area contributed by atoms with E-state index in [1.165, 1.54) is 22.3 Å². The first-order chi connectivity index (χ1) is 8.17. The fourth-order valence-corrected chi connectivity index (χ4v) is 3.11. The zero-order valence-corrected chi connectivity index (χ0v) is 10.2. The van der Waals surface area contributed by atoms with Crippen molar-refractivity contribution in [3.63, 3.8) is 0 Å². The number of rotatable bonds is 2. The van der Waals surface area contributed by atoms with Crippen molar-refractivity contribution in [3.05, 3.63) is 47.6 Å². The van der Waals surface area contributed by atoms with Gasteiger partial charge in [0.25, 0.3) is 0 Å². The molecule has 2 bridgehead atoms. The highest BCUT2D eigenvalue weighted by Gasteiger charge is 2.42. The van der Waals surface area contributed by atoms with Crippen molar-refractivity contribution < 1.29 is 9.47 Å². The molecule has 1 fully saturated rings. The monoisotopic (exact) mass is 228 g/mol. The van der Waals surface area contributed by atoms with Crippen molar-refractivity contribution in [2.24, 2.45) is 0 Å². The van der Waals surface area contributed by atoms with Gasteiger partial charge < -0.3 is 9.47 Å². The summed E-state index contributed by atoms with van der Waals surface area (Å²) >= 11 is 0. The lowest BCUT2D eigenvalue weighted by Gasteiger charge is -2.21. The van der Waals surface area contributed by atoms with E-state index in [1.54, 1.807) is 14.2 Å². The second-order valence-electron chi connectivity index (χ2n) is 4.73. The third-order valence-corrected chi connectivity index (χ3v) is 4.07. The first-order valence-electron chi connectivity index (χ1n) is 5.81. The van der Waals surface area contributed by atoms with Crippen LogP contribution in [0.5, 0.6) is 11.5 Å². The lowest BCUT2D eigenvalue weighted by molar-refractivity contribution is 0.354. The largest absolute Gasteiger partial charge is 0.493 e. The van der Waals surface area contributed by atoms with Gasteiger partial charge in [0.15, 0.2) is 11.5 Å². The van der Waals surface area contributed by atoms with Crippen LogP contribution in [0.4, 0.5) is 0 Å². The highest BCUT2D eigenvalue weighted by molar-refractivity contribution is 5.63. The predicted octanol–water partition coefficient (Wildman–Crippen LogP) is 3.40. The summed E-state index contributed by atoms with van der Waals surface area (Å²) in [4.78, 5) is 0. The third kappa shape index (κ3) is 1.21. The lowest BCUT2D eigenvalue weighted by Crippen LogP contribution is -2.04. The molecule has 2 aliphatic carbocycles. The molecule has 2 nitrogen and oxygen atoms in total. The normalized spacial score (nSPS) is 25.1. The molecular formula is C15H16O2. The second kappa shape index (κ2) is 3.39. The van der Waals surface area contributed by atoms with Crippen molar-refractivity contribution in [2.45, 2.75) is 18.3 Å². The summed E-state index contributed by atoms with van der Waals surface area (Å²) in [6, 6.07) is 4.19. The Labute approximate surface area is 102 Å². The summed E-state index contributed by atoms with van der Waals surface area (Å²) < 4.78 is 10.7. The number of fused-ring (bicyclic) bond motifs is 5. The maximum Gasteiger partial charge on any atom is 0.161 e. The van der Waals surface area contributed by atoms with E-state index in [-0.39, 0.29) is 0 Å². The number of allylic oxidation sites excluding steroid dienone is 2. The van der Waals surface area contributed by atoms with Crippen LogP contribution in [0.25, 0.3) is 0 Å². The minimum atomic E-state index is 0.433. The Balaban J connectivity index is 2.18. The summed E-state index contributed by atoms with van der Waals surface area (Å²) in [5.41, 5.74) is 5.06. The van der Waals surface area contributed by atoms with Crippen LogP contribution >= 0.6 is 0 Å². The van der Waals surface area contributed by atoms with E-state index in [4.69, 9.17) is 9.47 Å². The van der Waals surface area contributed by atoms with Gasteiger partial charge in [-0.05, 0) is 40.8 Å². The Morgan fingerprint density at radius 3 is 1.71 bits per heavy atom.